The van der Waals surface area contributed by atoms with Gasteiger partial charge in [0.1, 0.15) is 0 Å². The molecule has 0 unspecified atom stereocenters. The van der Waals surface area contributed by atoms with Gasteiger partial charge >= 0.3 is 5.97 Å². The van der Waals surface area contributed by atoms with E-state index < -0.39 is 5.97 Å². The van der Waals surface area contributed by atoms with Crippen LogP contribution in [-0.4, -0.2) is 11.1 Å². The first kappa shape index (κ1) is 14.7. The molecule has 0 amide bonds. The summed E-state index contributed by atoms with van der Waals surface area (Å²) in [6.07, 6.45) is 0. The molecule has 0 saturated heterocycles. The predicted octanol–water partition coefficient (Wildman–Crippen LogP) is 4.00. The van der Waals surface area contributed by atoms with Crippen molar-refractivity contribution in [2.24, 2.45) is 0 Å². The van der Waals surface area contributed by atoms with E-state index in [9.17, 15) is 9.90 Å². The van der Waals surface area contributed by atoms with Gasteiger partial charge in [-0.05, 0) is 29.8 Å². The van der Waals surface area contributed by atoms with Crippen molar-refractivity contribution in [2.45, 2.75) is 6.54 Å². The Hall–Kier alpha value is -1.72. The second-order valence-corrected chi connectivity index (χ2v) is 5.54. The molecule has 104 valence electrons. The van der Waals surface area contributed by atoms with Crippen LogP contribution in [0.15, 0.2) is 40.9 Å². The lowest BCUT2D eigenvalue weighted by molar-refractivity contribution is 0.0698. The summed E-state index contributed by atoms with van der Waals surface area (Å²) in [6.45, 7) is 0.462. The minimum absolute atomic E-state index is 0.0602. The molecule has 0 aliphatic rings. The summed E-state index contributed by atoms with van der Waals surface area (Å²) >= 11 is 9.45. The molecule has 6 heteroatoms. The maximum Gasteiger partial charge on any atom is 0.337 e. The number of nitrogens with one attached hydrogen (secondary N) is 1. The van der Waals surface area contributed by atoms with Crippen LogP contribution in [0, 0.1) is 0 Å². The number of aromatic carboxylic acids is 1. The van der Waals surface area contributed by atoms with Crippen LogP contribution in [0.5, 0.6) is 0 Å². The Morgan fingerprint density at radius 1 is 1.35 bits per heavy atom. The fourth-order valence-corrected chi connectivity index (χ4v) is 2.55. The topological polar surface area (TPSA) is 75.3 Å². The number of nitrogens with two attached hydrogens (primary N) is 1. The van der Waals surface area contributed by atoms with E-state index in [2.05, 4.69) is 21.2 Å². The van der Waals surface area contributed by atoms with E-state index in [1.54, 1.807) is 0 Å². The summed E-state index contributed by atoms with van der Waals surface area (Å²) in [5.74, 6) is -1.07. The SMILES string of the molecule is Nc1cc(Cl)c(NCc2cccc(Br)c2)c(C(=O)O)c1. The third kappa shape index (κ3) is 3.43. The zero-order valence-electron chi connectivity index (χ0n) is 10.4. The van der Waals surface area contributed by atoms with Crippen LogP contribution in [0.1, 0.15) is 15.9 Å². The summed E-state index contributed by atoms with van der Waals surface area (Å²) in [4.78, 5) is 11.2. The molecule has 2 aromatic carbocycles. The van der Waals surface area contributed by atoms with Gasteiger partial charge in [-0.15, -0.1) is 0 Å². The summed E-state index contributed by atoms with van der Waals surface area (Å²) in [6, 6.07) is 10.6. The lowest BCUT2D eigenvalue weighted by atomic mass is 10.1. The molecule has 0 atom stereocenters. The lowest BCUT2D eigenvalue weighted by Gasteiger charge is -2.12. The molecule has 0 fully saturated rings. The van der Waals surface area contributed by atoms with Crippen LogP contribution in [-0.2, 0) is 6.54 Å². The van der Waals surface area contributed by atoms with Crippen molar-refractivity contribution in [3.8, 4) is 0 Å². The number of benzene rings is 2. The molecule has 2 aromatic rings. The molecular weight excluding hydrogens is 344 g/mol. The van der Waals surface area contributed by atoms with Gasteiger partial charge in [0.15, 0.2) is 0 Å². The molecule has 0 aliphatic carbocycles. The van der Waals surface area contributed by atoms with Crippen LogP contribution < -0.4 is 11.1 Å². The van der Waals surface area contributed by atoms with Crippen molar-refractivity contribution < 1.29 is 9.90 Å². The Balaban J connectivity index is 2.27. The highest BCUT2D eigenvalue weighted by Crippen LogP contribution is 2.29. The molecule has 0 aliphatic heterocycles. The lowest BCUT2D eigenvalue weighted by Crippen LogP contribution is -2.08. The molecular formula is C14H12BrClN2O2. The van der Waals surface area contributed by atoms with E-state index in [1.807, 2.05) is 24.3 Å². The number of hydrogen-bond donors (Lipinski definition) is 3. The maximum atomic E-state index is 11.2. The highest BCUT2D eigenvalue weighted by molar-refractivity contribution is 9.10. The van der Waals surface area contributed by atoms with Crippen molar-refractivity contribution in [1.29, 1.82) is 0 Å². The van der Waals surface area contributed by atoms with Crippen molar-refractivity contribution >= 4 is 44.9 Å². The highest BCUT2D eigenvalue weighted by Gasteiger charge is 2.14. The molecule has 0 bridgehead atoms. The van der Waals surface area contributed by atoms with Gasteiger partial charge in [-0.2, -0.15) is 0 Å². The molecule has 0 saturated carbocycles. The maximum absolute atomic E-state index is 11.2. The van der Waals surface area contributed by atoms with Crippen LogP contribution in [0.4, 0.5) is 11.4 Å². The second-order valence-electron chi connectivity index (χ2n) is 4.21. The molecule has 2 rings (SSSR count). The van der Waals surface area contributed by atoms with Crippen LogP contribution in [0.2, 0.25) is 5.02 Å². The summed E-state index contributed by atoms with van der Waals surface area (Å²) in [7, 11) is 0. The van der Waals surface area contributed by atoms with Gasteiger partial charge in [-0.3, -0.25) is 0 Å². The number of halogens is 2. The van der Waals surface area contributed by atoms with E-state index in [0.29, 0.717) is 17.9 Å². The van der Waals surface area contributed by atoms with Gasteiger partial charge in [-0.25, -0.2) is 4.79 Å². The van der Waals surface area contributed by atoms with Gasteiger partial charge in [0.25, 0.3) is 0 Å². The van der Waals surface area contributed by atoms with E-state index in [1.165, 1.54) is 12.1 Å². The monoisotopic (exact) mass is 354 g/mol. The Kier molecular flexibility index (Phi) is 4.52. The third-order valence-electron chi connectivity index (χ3n) is 2.70. The average Bonchev–Trinajstić information content (AvgIpc) is 2.36. The number of carboxylic acid groups (broad SMARTS) is 1. The Morgan fingerprint density at radius 2 is 2.10 bits per heavy atom. The first-order valence-corrected chi connectivity index (χ1v) is 6.95. The highest BCUT2D eigenvalue weighted by atomic mass is 79.9. The standard InChI is InChI=1S/C14H12BrClN2O2/c15-9-3-1-2-8(4-9)7-18-13-11(14(19)20)5-10(17)6-12(13)16/h1-6,18H,7,17H2,(H,19,20). The third-order valence-corrected chi connectivity index (χ3v) is 3.49. The van der Waals surface area contributed by atoms with E-state index in [0.717, 1.165) is 10.0 Å². The zero-order valence-corrected chi connectivity index (χ0v) is 12.7. The minimum Gasteiger partial charge on any atom is -0.478 e. The first-order chi connectivity index (χ1) is 9.47. The zero-order chi connectivity index (χ0) is 14.7. The molecule has 0 aromatic heterocycles. The van der Waals surface area contributed by atoms with Gasteiger partial charge < -0.3 is 16.2 Å². The quantitative estimate of drug-likeness (QED) is 0.725. The molecule has 0 radical (unpaired) electrons. The van der Waals surface area contributed by atoms with Gasteiger partial charge in [0, 0.05) is 16.7 Å². The number of nitrogen functional groups attached to an aromatic ring is 1. The summed E-state index contributed by atoms with van der Waals surface area (Å²) in [5.41, 5.74) is 7.36. The fourth-order valence-electron chi connectivity index (χ4n) is 1.81. The Labute approximate surface area is 129 Å². The van der Waals surface area contributed by atoms with Crippen molar-refractivity contribution in [2.75, 3.05) is 11.1 Å². The molecule has 0 heterocycles. The van der Waals surface area contributed by atoms with E-state index in [4.69, 9.17) is 17.3 Å². The van der Waals surface area contributed by atoms with Crippen molar-refractivity contribution in [3.63, 3.8) is 0 Å². The first-order valence-electron chi connectivity index (χ1n) is 5.78. The number of carbonyl (C=O) groups is 1. The van der Waals surface area contributed by atoms with Crippen molar-refractivity contribution in [3.05, 3.63) is 57.0 Å². The smallest absolute Gasteiger partial charge is 0.337 e. The predicted molar refractivity (Wildman–Crippen MR) is 84.3 cm³/mol. The normalized spacial score (nSPS) is 10.3. The van der Waals surface area contributed by atoms with Crippen LogP contribution in [0.25, 0.3) is 0 Å². The van der Waals surface area contributed by atoms with Crippen LogP contribution >= 0.6 is 27.5 Å². The van der Waals surface area contributed by atoms with Gasteiger partial charge in [0.05, 0.1) is 16.3 Å². The number of hydrogen-bond acceptors (Lipinski definition) is 3. The molecule has 4 nitrogen and oxygen atoms in total. The Morgan fingerprint density at radius 3 is 2.75 bits per heavy atom. The van der Waals surface area contributed by atoms with Gasteiger partial charge in [-0.1, -0.05) is 39.7 Å². The largest absolute Gasteiger partial charge is 0.478 e. The summed E-state index contributed by atoms with van der Waals surface area (Å²) in [5, 5.41) is 12.5. The fraction of sp³-hybridized carbons (Fsp3) is 0.0714. The minimum atomic E-state index is -1.07. The van der Waals surface area contributed by atoms with E-state index in [-0.39, 0.29) is 10.6 Å². The van der Waals surface area contributed by atoms with Gasteiger partial charge in [0.2, 0.25) is 0 Å². The average molecular weight is 356 g/mol. The van der Waals surface area contributed by atoms with E-state index >= 15 is 0 Å². The number of rotatable bonds is 4. The molecule has 0 spiro atoms. The number of anilines is 2. The second kappa shape index (κ2) is 6.15. The summed E-state index contributed by atoms with van der Waals surface area (Å²) < 4.78 is 0.957. The van der Waals surface area contributed by atoms with Crippen molar-refractivity contribution in [1.82, 2.24) is 0 Å². The number of carboxylic acids is 1. The van der Waals surface area contributed by atoms with Crippen LogP contribution in [0.3, 0.4) is 0 Å². The Bertz CT molecular complexity index is 662. The molecule has 4 N–H and O–H groups in total. The molecule has 20 heavy (non-hydrogen) atoms.